The first-order chi connectivity index (χ1) is 15.1. The van der Waals surface area contributed by atoms with Crippen molar-refractivity contribution in [3.05, 3.63) is 24.3 Å². The molecule has 31 heavy (non-hydrogen) atoms. The summed E-state index contributed by atoms with van der Waals surface area (Å²) in [5, 5.41) is 8.82. The summed E-state index contributed by atoms with van der Waals surface area (Å²) in [6.45, 7) is 3.45. The van der Waals surface area contributed by atoms with Crippen molar-refractivity contribution in [3.8, 4) is 28.5 Å². The van der Waals surface area contributed by atoms with Crippen molar-refractivity contribution in [2.75, 3.05) is 59.0 Å². The molecule has 1 atom stereocenters. The van der Waals surface area contributed by atoms with E-state index < -0.39 is 0 Å². The van der Waals surface area contributed by atoms with Crippen LogP contribution in [0.2, 0.25) is 0 Å². The van der Waals surface area contributed by atoms with Crippen molar-refractivity contribution in [2.24, 2.45) is 0 Å². The maximum Gasteiger partial charge on any atom is 0.251 e. The van der Waals surface area contributed by atoms with Crippen LogP contribution < -0.4 is 19.1 Å². The van der Waals surface area contributed by atoms with Crippen LogP contribution in [-0.4, -0.2) is 81.2 Å². The Kier molecular flexibility index (Phi) is 6.41. The average Bonchev–Trinajstić information content (AvgIpc) is 3.38. The minimum absolute atomic E-state index is 0.112. The van der Waals surface area contributed by atoms with Gasteiger partial charge in [-0.25, -0.2) is 0 Å². The van der Waals surface area contributed by atoms with E-state index in [0.717, 1.165) is 37.3 Å². The monoisotopic (exact) mass is 428 g/mol. The smallest absolute Gasteiger partial charge is 0.251 e. The third-order valence-corrected chi connectivity index (χ3v) is 5.73. The average molecular weight is 428 g/mol. The van der Waals surface area contributed by atoms with Gasteiger partial charge in [0, 0.05) is 38.3 Å². The largest absolute Gasteiger partial charge is 0.493 e. The Balaban J connectivity index is 1.44. The van der Waals surface area contributed by atoms with E-state index in [4.69, 9.17) is 18.9 Å². The molecule has 9 nitrogen and oxygen atoms in total. The predicted molar refractivity (Wildman–Crippen MR) is 115 cm³/mol. The van der Waals surface area contributed by atoms with Crippen LogP contribution in [-0.2, 0) is 9.53 Å². The van der Waals surface area contributed by atoms with Crippen molar-refractivity contribution in [1.29, 1.82) is 0 Å². The van der Waals surface area contributed by atoms with Gasteiger partial charge in [-0.05, 0) is 37.1 Å². The van der Waals surface area contributed by atoms with Gasteiger partial charge >= 0.3 is 0 Å². The number of carbonyl (C=O) groups excluding carboxylic acids is 1. The molecule has 1 aromatic carbocycles. The number of carbonyl (C=O) groups is 1. The number of anilines is 1. The summed E-state index contributed by atoms with van der Waals surface area (Å²) in [6, 6.07) is 7.57. The molecule has 0 radical (unpaired) electrons. The van der Waals surface area contributed by atoms with Gasteiger partial charge in [0.1, 0.15) is 6.10 Å². The first-order valence-corrected chi connectivity index (χ1v) is 10.4. The summed E-state index contributed by atoms with van der Waals surface area (Å²) in [6.07, 6.45) is 1.53. The number of amides is 1. The second-order valence-corrected chi connectivity index (χ2v) is 7.50. The number of rotatable bonds is 6. The molecule has 2 aromatic rings. The molecule has 9 heteroatoms. The van der Waals surface area contributed by atoms with E-state index in [2.05, 4.69) is 15.1 Å². The Morgan fingerprint density at radius 1 is 1.00 bits per heavy atom. The molecule has 1 unspecified atom stereocenters. The fraction of sp³-hybridized carbons (Fsp3) is 0.500. The molecule has 4 rings (SSSR count). The lowest BCUT2D eigenvalue weighted by molar-refractivity contribution is -0.141. The Morgan fingerprint density at radius 3 is 2.23 bits per heavy atom. The molecule has 166 valence electrons. The summed E-state index contributed by atoms with van der Waals surface area (Å²) in [5.41, 5.74) is 1.52. The molecule has 1 amide bonds. The number of ether oxygens (including phenoxy) is 4. The molecule has 2 aliphatic rings. The Morgan fingerprint density at radius 2 is 1.71 bits per heavy atom. The number of benzene rings is 1. The maximum atomic E-state index is 12.5. The maximum absolute atomic E-state index is 12.5. The quantitative estimate of drug-likeness (QED) is 0.691. The molecule has 0 aliphatic carbocycles. The fourth-order valence-corrected chi connectivity index (χ4v) is 4.01. The van der Waals surface area contributed by atoms with Gasteiger partial charge in [0.25, 0.3) is 5.91 Å². The van der Waals surface area contributed by atoms with Gasteiger partial charge in [-0.2, -0.15) is 0 Å². The molecular formula is C22H28N4O5. The standard InChI is InChI=1S/C22H28N4O5/c1-28-18-13-15(14-19(29-2)21(18)30-3)16-6-7-20(24-23-16)25-8-10-26(11-9-25)22(27)17-5-4-12-31-17/h6-7,13-14,17H,4-5,8-12H2,1-3H3. The van der Waals surface area contributed by atoms with Crippen LogP contribution in [0.5, 0.6) is 17.2 Å². The van der Waals surface area contributed by atoms with Crippen LogP contribution >= 0.6 is 0 Å². The van der Waals surface area contributed by atoms with Gasteiger partial charge < -0.3 is 28.7 Å². The number of methoxy groups -OCH3 is 3. The summed E-state index contributed by atoms with van der Waals surface area (Å²) < 4.78 is 21.8. The zero-order chi connectivity index (χ0) is 21.8. The summed E-state index contributed by atoms with van der Waals surface area (Å²) in [4.78, 5) is 16.6. The highest BCUT2D eigenvalue weighted by Gasteiger charge is 2.30. The van der Waals surface area contributed by atoms with Crippen LogP contribution in [0.15, 0.2) is 24.3 Å². The second-order valence-electron chi connectivity index (χ2n) is 7.50. The second kappa shape index (κ2) is 9.38. The summed E-state index contributed by atoms with van der Waals surface area (Å²) in [7, 11) is 4.74. The predicted octanol–water partition coefficient (Wildman–Crippen LogP) is 2.00. The fourth-order valence-electron chi connectivity index (χ4n) is 4.01. The SMILES string of the molecule is COc1cc(-c2ccc(N3CCN(C(=O)C4CCCO4)CC3)nn2)cc(OC)c1OC. The van der Waals surface area contributed by atoms with Crippen LogP contribution in [0.3, 0.4) is 0 Å². The normalized spacial score (nSPS) is 18.7. The first-order valence-electron chi connectivity index (χ1n) is 10.4. The molecule has 2 fully saturated rings. The Bertz CT molecular complexity index is 882. The number of aromatic nitrogens is 2. The number of piperazine rings is 1. The summed E-state index contributed by atoms with van der Waals surface area (Å²) in [5.74, 6) is 2.57. The van der Waals surface area contributed by atoms with E-state index in [1.54, 1.807) is 21.3 Å². The van der Waals surface area contributed by atoms with E-state index >= 15 is 0 Å². The minimum Gasteiger partial charge on any atom is -0.493 e. The van der Waals surface area contributed by atoms with Gasteiger partial charge in [-0.1, -0.05) is 0 Å². The van der Waals surface area contributed by atoms with Crippen molar-refractivity contribution in [1.82, 2.24) is 15.1 Å². The van der Waals surface area contributed by atoms with E-state index in [1.165, 1.54) is 0 Å². The minimum atomic E-state index is -0.260. The van der Waals surface area contributed by atoms with E-state index in [0.29, 0.717) is 42.6 Å². The van der Waals surface area contributed by atoms with Crippen LogP contribution in [0.4, 0.5) is 5.82 Å². The molecule has 0 saturated carbocycles. The lowest BCUT2D eigenvalue weighted by Gasteiger charge is -2.36. The Hall–Kier alpha value is -3.07. The lowest BCUT2D eigenvalue weighted by Crippen LogP contribution is -2.51. The van der Waals surface area contributed by atoms with E-state index in [1.807, 2.05) is 29.2 Å². The molecule has 0 bridgehead atoms. The number of nitrogens with zero attached hydrogens (tertiary/aromatic N) is 4. The lowest BCUT2D eigenvalue weighted by atomic mass is 10.1. The first kappa shape index (κ1) is 21.2. The van der Waals surface area contributed by atoms with Gasteiger partial charge in [-0.15, -0.1) is 10.2 Å². The third-order valence-electron chi connectivity index (χ3n) is 5.73. The van der Waals surface area contributed by atoms with Crippen molar-refractivity contribution in [2.45, 2.75) is 18.9 Å². The molecule has 2 aliphatic heterocycles. The van der Waals surface area contributed by atoms with Crippen LogP contribution in [0.1, 0.15) is 12.8 Å². The van der Waals surface area contributed by atoms with Crippen molar-refractivity contribution in [3.63, 3.8) is 0 Å². The molecule has 0 spiro atoms. The van der Waals surface area contributed by atoms with Crippen LogP contribution in [0, 0.1) is 0 Å². The zero-order valence-corrected chi connectivity index (χ0v) is 18.2. The highest BCUT2D eigenvalue weighted by atomic mass is 16.5. The van der Waals surface area contributed by atoms with Gasteiger partial charge in [-0.3, -0.25) is 4.79 Å². The van der Waals surface area contributed by atoms with Crippen LogP contribution in [0.25, 0.3) is 11.3 Å². The van der Waals surface area contributed by atoms with E-state index in [9.17, 15) is 4.79 Å². The Labute approximate surface area is 181 Å². The van der Waals surface area contributed by atoms with Crippen molar-refractivity contribution >= 4 is 11.7 Å². The highest BCUT2D eigenvalue weighted by Crippen LogP contribution is 2.40. The van der Waals surface area contributed by atoms with Gasteiger partial charge in [0.15, 0.2) is 17.3 Å². The molecule has 1 aromatic heterocycles. The third kappa shape index (κ3) is 4.36. The van der Waals surface area contributed by atoms with E-state index in [-0.39, 0.29) is 12.0 Å². The van der Waals surface area contributed by atoms with Gasteiger partial charge in [0.2, 0.25) is 5.75 Å². The molecule has 2 saturated heterocycles. The topological polar surface area (TPSA) is 86.3 Å². The van der Waals surface area contributed by atoms with Gasteiger partial charge in [0.05, 0.1) is 27.0 Å². The number of hydrogen-bond donors (Lipinski definition) is 0. The highest BCUT2D eigenvalue weighted by molar-refractivity contribution is 5.81. The van der Waals surface area contributed by atoms with Crippen molar-refractivity contribution < 1.29 is 23.7 Å². The molecule has 0 N–H and O–H groups in total. The number of hydrogen-bond acceptors (Lipinski definition) is 8. The summed E-state index contributed by atoms with van der Waals surface area (Å²) >= 11 is 0. The molecule has 3 heterocycles. The molecular weight excluding hydrogens is 400 g/mol. The zero-order valence-electron chi connectivity index (χ0n) is 18.2.